The Kier molecular flexibility index (Phi) is 2.92. The molecule has 0 aromatic carbocycles. The SMILES string of the molecule is CC(=O)C(C)C(C(C)C)C1CC1. The molecule has 0 aliphatic heterocycles. The predicted molar refractivity (Wildman–Crippen MR) is 50.9 cm³/mol. The smallest absolute Gasteiger partial charge is 0.132 e. The largest absolute Gasteiger partial charge is 0.300 e. The fraction of sp³-hybridized carbons (Fsp3) is 0.909. The van der Waals surface area contributed by atoms with E-state index in [2.05, 4.69) is 20.8 Å². The number of Topliss-reactive ketones (excluding diaryl/α,β-unsaturated/α-hetero) is 1. The van der Waals surface area contributed by atoms with Crippen molar-refractivity contribution in [1.29, 1.82) is 0 Å². The molecule has 0 amide bonds. The van der Waals surface area contributed by atoms with Crippen molar-refractivity contribution in [1.82, 2.24) is 0 Å². The number of carbonyl (C=O) groups excluding carboxylic acids is 1. The Morgan fingerprint density at radius 3 is 2.00 bits per heavy atom. The monoisotopic (exact) mass is 168 g/mol. The van der Waals surface area contributed by atoms with E-state index in [1.807, 2.05) is 0 Å². The minimum Gasteiger partial charge on any atom is -0.300 e. The summed E-state index contributed by atoms with van der Waals surface area (Å²) in [6.07, 6.45) is 2.70. The van der Waals surface area contributed by atoms with E-state index in [0.717, 1.165) is 5.92 Å². The fourth-order valence-corrected chi connectivity index (χ4v) is 2.28. The van der Waals surface area contributed by atoms with Gasteiger partial charge < -0.3 is 0 Å². The van der Waals surface area contributed by atoms with Crippen molar-refractivity contribution in [2.75, 3.05) is 0 Å². The molecule has 1 rings (SSSR count). The quantitative estimate of drug-likeness (QED) is 0.631. The van der Waals surface area contributed by atoms with Crippen molar-refractivity contribution in [3.05, 3.63) is 0 Å². The first-order chi connectivity index (χ1) is 5.54. The van der Waals surface area contributed by atoms with E-state index in [0.29, 0.717) is 17.6 Å². The normalized spacial score (nSPS) is 22.4. The number of hydrogen-bond donors (Lipinski definition) is 0. The Bertz CT molecular complexity index is 166. The predicted octanol–water partition coefficient (Wildman–Crippen LogP) is 2.89. The highest BCUT2D eigenvalue weighted by molar-refractivity contribution is 5.78. The van der Waals surface area contributed by atoms with Crippen LogP contribution in [0.5, 0.6) is 0 Å². The Labute approximate surface area is 75.5 Å². The fourth-order valence-electron chi connectivity index (χ4n) is 2.28. The number of carbonyl (C=O) groups is 1. The van der Waals surface area contributed by atoms with Gasteiger partial charge in [-0.15, -0.1) is 0 Å². The zero-order valence-electron chi connectivity index (χ0n) is 8.63. The Hall–Kier alpha value is -0.330. The molecule has 1 aliphatic rings. The molecule has 1 nitrogen and oxygen atoms in total. The van der Waals surface area contributed by atoms with Crippen molar-refractivity contribution in [3.63, 3.8) is 0 Å². The van der Waals surface area contributed by atoms with Gasteiger partial charge in [-0.05, 0) is 37.5 Å². The van der Waals surface area contributed by atoms with Gasteiger partial charge in [0.25, 0.3) is 0 Å². The second kappa shape index (κ2) is 3.59. The molecule has 0 radical (unpaired) electrons. The molecular weight excluding hydrogens is 148 g/mol. The third-order valence-corrected chi connectivity index (χ3v) is 3.15. The lowest BCUT2D eigenvalue weighted by Gasteiger charge is -2.25. The van der Waals surface area contributed by atoms with Crippen LogP contribution >= 0.6 is 0 Å². The molecule has 1 saturated carbocycles. The van der Waals surface area contributed by atoms with Crippen LogP contribution in [0.1, 0.15) is 40.5 Å². The van der Waals surface area contributed by atoms with Gasteiger partial charge in [-0.25, -0.2) is 0 Å². The van der Waals surface area contributed by atoms with Crippen LogP contribution in [0.25, 0.3) is 0 Å². The first kappa shape index (κ1) is 9.76. The molecule has 2 unspecified atom stereocenters. The average molecular weight is 168 g/mol. The van der Waals surface area contributed by atoms with Crippen LogP contribution in [0, 0.1) is 23.7 Å². The lowest BCUT2D eigenvalue weighted by molar-refractivity contribution is -0.122. The van der Waals surface area contributed by atoms with Gasteiger partial charge in [0, 0.05) is 5.92 Å². The van der Waals surface area contributed by atoms with Gasteiger partial charge in [0.1, 0.15) is 5.78 Å². The second-order valence-corrected chi connectivity index (χ2v) is 4.56. The third kappa shape index (κ3) is 2.09. The average Bonchev–Trinajstić information content (AvgIpc) is 2.70. The molecule has 0 saturated heterocycles. The summed E-state index contributed by atoms with van der Waals surface area (Å²) in [5.74, 6) is 2.79. The molecular formula is C11H20O. The molecule has 1 aliphatic carbocycles. The highest BCUT2D eigenvalue weighted by Crippen LogP contribution is 2.44. The highest BCUT2D eigenvalue weighted by atomic mass is 16.1. The van der Waals surface area contributed by atoms with E-state index in [-0.39, 0.29) is 5.92 Å². The maximum Gasteiger partial charge on any atom is 0.132 e. The molecule has 0 bridgehead atoms. The molecule has 0 aromatic rings. The summed E-state index contributed by atoms with van der Waals surface area (Å²) in [7, 11) is 0. The molecule has 0 aromatic heterocycles. The van der Waals surface area contributed by atoms with Gasteiger partial charge in [-0.1, -0.05) is 20.8 Å². The molecule has 12 heavy (non-hydrogen) atoms. The molecule has 1 fully saturated rings. The van der Waals surface area contributed by atoms with Crippen LogP contribution in [0.3, 0.4) is 0 Å². The van der Waals surface area contributed by atoms with Crippen molar-refractivity contribution in [2.45, 2.75) is 40.5 Å². The topological polar surface area (TPSA) is 17.1 Å². The van der Waals surface area contributed by atoms with Gasteiger partial charge in [0.15, 0.2) is 0 Å². The number of rotatable bonds is 4. The van der Waals surface area contributed by atoms with Gasteiger partial charge in [0.05, 0.1) is 0 Å². The lowest BCUT2D eigenvalue weighted by atomic mass is 9.79. The maximum absolute atomic E-state index is 11.2. The summed E-state index contributed by atoms with van der Waals surface area (Å²) >= 11 is 0. The Morgan fingerprint density at radius 1 is 1.25 bits per heavy atom. The third-order valence-electron chi connectivity index (χ3n) is 3.15. The zero-order chi connectivity index (χ0) is 9.30. The van der Waals surface area contributed by atoms with E-state index in [4.69, 9.17) is 0 Å². The highest BCUT2D eigenvalue weighted by Gasteiger charge is 2.37. The summed E-state index contributed by atoms with van der Waals surface area (Å²) in [4.78, 5) is 11.2. The lowest BCUT2D eigenvalue weighted by Crippen LogP contribution is -2.25. The Balaban J connectivity index is 2.57. The van der Waals surface area contributed by atoms with Crippen LogP contribution in [0.2, 0.25) is 0 Å². The summed E-state index contributed by atoms with van der Waals surface area (Å²) in [5, 5.41) is 0. The second-order valence-electron chi connectivity index (χ2n) is 4.56. The number of ketones is 1. The molecule has 0 heterocycles. The van der Waals surface area contributed by atoms with E-state index < -0.39 is 0 Å². The first-order valence-electron chi connectivity index (χ1n) is 5.04. The van der Waals surface area contributed by atoms with E-state index in [9.17, 15) is 4.79 Å². The van der Waals surface area contributed by atoms with E-state index in [1.165, 1.54) is 12.8 Å². The minimum atomic E-state index is 0.275. The zero-order valence-corrected chi connectivity index (χ0v) is 8.63. The minimum absolute atomic E-state index is 0.275. The summed E-state index contributed by atoms with van der Waals surface area (Å²) in [5.41, 5.74) is 0. The van der Waals surface area contributed by atoms with Crippen LogP contribution < -0.4 is 0 Å². The standard InChI is InChI=1S/C11H20O/c1-7(2)11(10-5-6-10)8(3)9(4)12/h7-8,10-11H,5-6H2,1-4H3. The molecule has 70 valence electrons. The summed E-state index contributed by atoms with van der Waals surface area (Å²) < 4.78 is 0. The first-order valence-corrected chi connectivity index (χ1v) is 5.04. The summed E-state index contributed by atoms with van der Waals surface area (Å²) in [6.45, 7) is 8.29. The van der Waals surface area contributed by atoms with Crippen molar-refractivity contribution >= 4 is 5.78 Å². The van der Waals surface area contributed by atoms with Crippen molar-refractivity contribution in [2.24, 2.45) is 23.7 Å². The van der Waals surface area contributed by atoms with Gasteiger partial charge in [-0.3, -0.25) is 4.79 Å². The van der Waals surface area contributed by atoms with Crippen LogP contribution in [-0.2, 0) is 4.79 Å². The molecule has 2 atom stereocenters. The Morgan fingerprint density at radius 2 is 1.75 bits per heavy atom. The van der Waals surface area contributed by atoms with Gasteiger partial charge in [0.2, 0.25) is 0 Å². The van der Waals surface area contributed by atoms with Crippen LogP contribution in [-0.4, -0.2) is 5.78 Å². The maximum atomic E-state index is 11.2. The molecule has 1 heteroatoms. The van der Waals surface area contributed by atoms with Crippen molar-refractivity contribution < 1.29 is 4.79 Å². The molecule has 0 spiro atoms. The molecule has 0 N–H and O–H groups in total. The van der Waals surface area contributed by atoms with Gasteiger partial charge >= 0.3 is 0 Å². The number of hydrogen-bond acceptors (Lipinski definition) is 1. The van der Waals surface area contributed by atoms with E-state index in [1.54, 1.807) is 6.92 Å². The summed E-state index contributed by atoms with van der Waals surface area (Å²) in [6, 6.07) is 0. The van der Waals surface area contributed by atoms with Gasteiger partial charge in [-0.2, -0.15) is 0 Å². The van der Waals surface area contributed by atoms with E-state index >= 15 is 0 Å². The van der Waals surface area contributed by atoms with Crippen molar-refractivity contribution in [3.8, 4) is 0 Å². The van der Waals surface area contributed by atoms with Crippen LogP contribution in [0.15, 0.2) is 0 Å². The van der Waals surface area contributed by atoms with Crippen LogP contribution in [0.4, 0.5) is 0 Å².